The molecule has 0 bridgehead atoms. The molecular formula is C31H46N2O6. The molecule has 0 unspecified atom stereocenters. The van der Waals surface area contributed by atoms with Gasteiger partial charge >= 0.3 is 5.97 Å². The fourth-order valence-corrected chi connectivity index (χ4v) is 3.75. The van der Waals surface area contributed by atoms with Crippen LogP contribution < -0.4 is 10.6 Å². The Morgan fingerprint density at radius 3 is 2.44 bits per heavy atom. The highest BCUT2D eigenvalue weighted by molar-refractivity contribution is 5.93. The molecule has 0 radical (unpaired) electrons. The van der Waals surface area contributed by atoms with Gasteiger partial charge in [0.25, 0.3) is 0 Å². The average Bonchev–Trinajstić information content (AvgIpc) is 2.85. The molecule has 0 aromatic heterocycles. The molecule has 0 fully saturated rings. The van der Waals surface area contributed by atoms with Crippen molar-refractivity contribution in [3.63, 3.8) is 0 Å². The van der Waals surface area contributed by atoms with Gasteiger partial charge < -0.3 is 25.2 Å². The highest BCUT2D eigenvalue weighted by Crippen LogP contribution is 2.23. The Kier molecular flexibility index (Phi) is 14.3. The van der Waals surface area contributed by atoms with E-state index in [9.17, 15) is 19.5 Å². The summed E-state index contributed by atoms with van der Waals surface area (Å²) in [6.07, 6.45) is 16.3. The predicted molar refractivity (Wildman–Crippen MR) is 154 cm³/mol. The van der Waals surface area contributed by atoms with E-state index in [-0.39, 0.29) is 29.6 Å². The maximum Gasteiger partial charge on any atom is 0.373 e. The Morgan fingerprint density at radius 2 is 1.85 bits per heavy atom. The summed E-state index contributed by atoms with van der Waals surface area (Å²) in [5, 5.41) is 15.5. The first-order valence-electron chi connectivity index (χ1n) is 13.3. The van der Waals surface area contributed by atoms with Gasteiger partial charge in [-0.25, -0.2) is 4.79 Å². The van der Waals surface area contributed by atoms with Gasteiger partial charge in [-0.15, -0.1) is 0 Å². The van der Waals surface area contributed by atoms with Crippen molar-refractivity contribution < 1.29 is 29.0 Å². The number of aliphatic hydroxyl groups is 1. The maximum atomic E-state index is 12.8. The van der Waals surface area contributed by atoms with Crippen LogP contribution in [0, 0.1) is 11.3 Å². The fourth-order valence-electron chi connectivity index (χ4n) is 3.75. The van der Waals surface area contributed by atoms with Gasteiger partial charge in [-0.05, 0) is 51.3 Å². The summed E-state index contributed by atoms with van der Waals surface area (Å²) in [6, 6.07) is -0.757. The lowest BCUT2D eigenvalue weighted by molar-refractivity contribution is -0.151. The van der Waals surface area contributed by atoms with Crippen LogP contribution in [-0.4, -0.2) is 48.2 Å². The summed E-state index contributed by atoms with van der Waals surface area (Å²) in [7, 11) is 1.44. The van der Waals surface area contributed by atoms with Gasteiger partial charge in [-0.3, -0.25) is 9.59 Å². The number of cyclic esters (lactones) is 1. The van der Waals surface area contributed by atoms with Gasteiger partial charge in [0.1, 0.15) is 12.1 Å². The van der Waals surface area contributed by atoms with E-state index in [1.54, 1.807) is 24.3 Å². The second-order valence-corrected chi connectivity index (χ2v) is 11.1. The fraction of sp³-hybridized carbons (Fsp3) is 0.516. The number of carbonyl (C=O) groups is 3. The van der Waals surface area contributed by atoms with E-state index in [0.29, 0.717) is 19.3 Å². The topological polar surface area (TPSA) is 114 Å². The lowest BCUT2D eigenvalue weighted by Gasteiger charge is -2.29. The third-order valence-electron chi connectivity index (χ3n) is 6.01. The van der Waals surface area contributed by atoms with Crippen molar-refractivity contribution >= 4 is 17.8 Å². The zero-order valence-corrected chi connectivity index (χ0v) is 24.6. The molecule has 2 amide bonds. The molecule has 0 saturated carbocycles. The quantitative estimate of drug-likeness (QED) is 0.133. The molecular weight excluding hydrogens is 496 g/mol. The van der Waals surface area contributed by atoms with E-state index >= 15 is 0 Å². The molecule has 1 heterocycles. The van der Waals surface area contributed by atoms with Crippen LogP contribution in [0.25, 0.3) is 0 Å². The molecule has 4 atom stereocenters. The van der Waals surface area contributed by atoms with Crippen molar-refractivity contribution in [2.45, 2.75) is 86.0 Å². The Labute approximate surface area is 233 Å². The van der Waals surface area contributed by atoms with Gasteiger partial charge in [0.2, 0.25) is 11.8 Å². The number of ether oxygens (including phenoxy) is 2. The van der Waals surface area contributed by atoms with E-state index in [0.717, 1.165) is 11.1 Å². The van der Waals surface area contributed by atoms with Crippen molar-refractivity contribution in [2.75, 3.05) is 7.11 Å². The van der Waals surface area contributed by atoms with Crippen LogP contribution in [-0.2, 0) is 23.9 Å². The largest absolute Gasteiger partial charge is 0.490 e. The smallest absolute Gasteiger partial charge is 0.373 e. The summed E-state index contributed by atoms with van der Waals surface area (Å²) in [5.41, 5.74) is 1.58. The van der Waals surface area contributed by atoms with Crippen LogP contribution in [0.4, 0.5) is 0 Å². The number of carbonyl (C=O) groups excluding carboxylic acids is 3. The normalized spacial score (nSPS) is 18.9. The third kappa shape index (κ3) is 13.3. The molecule has 3 N–H and O–H groups in total. The Hall–Kier alpha value is -3.39. The van der Waals surface area contributed by atoms with Gasteiger partial charge in [0.15, 0.2) is 5.76 Å². The Morgan fingerprint density at radius 1 is 1.18 bits per heavy atom. The second-order valence-electron chi connectivity index (χ2n) is 11.1. The van der Waals surface area contributed by atoms with Crippen LogP contribution in [0.15, 0.2) is 71.7 Å². The van der Waals surface area contributed by atoms with Crippen molar-refractivity contribution in [2.24, 2.45) is 11.3 Å². The molecule has 0 aromatic rings. The van der Waals surface area contributed by atoms with Crippen LogP contribution in [0.3, 0.4) is 0 Å². The number of allylic oxidation sites excluding steroid dienone is 5. The van der Waals surface area contributed by atoms with E-state index in [2.05, 4.69) is 10.6 Å². The molecule has 8 nitrogen and oxygen atoms in total. The standard InChI is InChI=1S/C31H46N2O6/c1-21(2)15-16-24(34)13-11-19-32-29(36)28(31(5,6)7)33-27(35)14-10-9-12-22(3)20-23(4)25-17-18-26(38-8)30(37)39-25/h9-12,14-15,18-20,23-25,28,34H,13,16-17H2,1-8H3,(H,32,36)(H,33,35)/b12-9-,14-10-,19-11-,22-20+/t23-,24-,25-,28+/m0/s1. The summed E-state index contributed by atoms with van der Waals surface area (Å²) < 4.78 is 10.4. The predicted octanol–water partition coefficient (Wildman–Crippen LogP) is 4.80. The zero-order valence-electron chi connectivity index (χ0n) is 24.6. The first-order valence-corrected chi connectivity index (χ1v) is 13.3. The Balaban J connectivity index is 2.64. The summed E-state index contributed by atoms with van der Waals surface area (Å²) in [4.78, 5) is 37.1. The van der Waals surface area contributed by atoms with E-state index in [1.165, 1.54) is 19.4 Å². The minimum absolute atomic E-state index is 0.00118. The maximum absolute atomic E-state index is 12.8. The summed E-state index contributed by atoms with van der Waals surface area (Å²) in [5.74, 6) is -0.945. The molecule has 0 saturated heterocycles. The van der Waals surface area contributed by atoms with Gasteiger partial charge in [0.05, 0.1) is 13.2 Å². The third-order valence-corrected chi connectivity index (χ3v) is 6.01. The molecule has 0 aliphatic carbocycles. The van der Waals surface area contributed by atoms with Crippen molar-refractivity contribution in [3.8, 4) is 0 Å². The SMILES string of the molecule is COC1=CC[C@@H]([C@@H](C)/C=C(C)/C=C\C=C/C(=O)N[C@H](C(=O)N/C=C\C[C@H](O)CC=C(C)C)C(C)(C)C)OC1=O. The van der Waals surface area contributed by atoms with Crippen LogP contribution >= 0.6 is 0 Å². The molecule has 39 heavy (non-hydrogen) atoms. The van der Waals surface area contributed by atoms with Crippen LogP contribution in [0.1, 0.15) is 67.7 Å². The van der Waals surface area contributed by atoms with Gasteiger partial charge in [-0.1, -0.05) is 75.3 Å². The van der Waals surface area contributed by atoms with E-state index in [1.807, 2.05) is 66.7 Å². The number of hydrogen-bond acceptors (Lipinski definition) is 6. The number of rotatable bonds is 13. The van der Waals surface area contributed by atoms with E-state index in [4.69, 9.17) is 9.47 Å². The zero-order chi connectivity index (χ0) is 29.6. The minimum Gasteiger partial charge on any atom is -0.490 e. The molecule has 0 spiro atoms. The minimum atomic E-state index is -0.757. The summed E-state index contributed by atoms with van der Waals surface area (Å²) >= 11 is 0. The van der Waals surface area contributed by atoms with Crippen LogP contribution in [0.2, 0.25) is 0 Å². The molecule has 8 heteroatoms. The first kappa shape index (κ1) is 33.6. The molecule has 216 valence electrons. The van der Waals surface area contributed by atoms with Crippen molar-refractivity contribution in [3.05, 3.63) is 71.7 Å². The summed E-state index contributed by atoms with van der Waals surface area (Å²) in [6.45, 7) is 13.5. The number of amides is 2. The molecule has 1 aliphatic heterocycles. The monoisotopic (exact) mass is 542 g/mol. The molecule has 1 aliphatic rings. The second kappa shape index (κ2) is 16.5. The average molecular weight is 543 g/mol. The van der Waals surface area contributed by atoms with E-state index < -0.39 is 23.5 Å². The van der Waals surface area contributed by atoms with Gasteiger partial charge in [0, 0.05) is 18.4 Å². The highest BCUT2D eigenvalue weighted by Gasteiger charge is 2.32. The van der Waals surface area contributed by atoms with Crippen molar-refractivity contribution in [1.29, 1.82) is 0 Å². The Bertz CT molecular complexity index is 1020. The number of aliphatic hydroxyl groups excluding tert-OH is 1. The van der Waals surface area contributed by atoms with Crippen LogP contribution in [0.5, 0.6) is 0 Å². The first-order chi connectivity index (χ1) is 18.2. The number of methoxy groups -OCH3 is 1. The number of nitrogens with one attached hydrogen (secondary N) is 2. The van der Waals surface area contributed by atoms with Gasteiger partial charge in [-0.2, -0.15) is 0 Å². The molecule has 0 aromatic carbocycles. The number of hydrogen-bond donors (Lipinski definition) is 3. The number of esters is 1. The van der Waals surface area contributed by atoms with Crippen molar-refractivity contribution in [1.82, 2.24) is 10.6 Å². The molecule has 1 rings (SSSR count). The lowest BCUT2D eigenvalue weighted by atomic mass is 9.86. The highest BCUT2D eigenvalue weighted by atomic mass is 16.6. The lowest BCUT2D eigenvalue weighted by Crippen LogP contribution is -2.52.